The smallest absolute Gasteiger partial charge is 0.335 e. The van der Waals surface area contributed by atoms with E-state index in [9.17, 15) is 32.3 Å². The zero-order chi connectivity index (χ0) is 53.0. The number of aromatic nitrogens is 2. The van der Waals surface area contributed by atoms with Crippen molar-refractivity contribution in [3.05, 3.63) is 118 Å². The number of fused-ring (bicyclic) bond motifs is 2. The lowest BCUT2D eigenvalue weighted by atomic mass is 9.58. The van der Waals surface area contributed by atoms with Gasteiger partial charge in [0.25, 0.3) is 0 Å². The second-order valence-corrected chi connectivity index (χ2v) is 20.4. The van der Waals surface area contributed by atoms with Crippen LogP contribution in [0.5, 0.6) is 11.5 Å². The van der Waals surface area contributed by atoms with Crippen molar-refractivity contribution in [2.45, 2.75) is 96.2 Å². The third-order valence-corrected chi connectivity index (χ3v) is 15.4. The molecule has 2 saturated carbocycles. The molecule has 2 spiro atoms. The van der Waals surface area contributed by atoms with E-state index in [1.165, 1.54) is 34.7 Å². The number of aromatic amines is 2. The highest BCUT2D eigenvalue weighted by Gasteiger charge is 2.59. The summed E-state index contributed by atoms with van der Waals surface area (Å²) in [6.45, 7) is 8.00. The molecule has 10 rings (SSSR count). The Hall–Kier alpha value is -7.28. The van der Waals surface area contributed by atoms with Crippen molar-refractivity contribution >= 4 is 45.1 Å². The van der Waals surface area contributed by atoms with Gasteiger partial charge in [-0.25, -0.2) is 27.2 Å². The topological polar surface area (TPSA) is 203 Å². The quantitative estimate of drug-likeness (QED) is 0.0473. The molecule has 390 valence electrons. The zero-order valence-electron chi connectivity index (χ0n) is 42.0. The van der Waals surface area contributed by atoms with Crippen LogP contribution in [0.1, 0.15) is 106 Å². The fraction of sp³-hybridized carbons (Fsp3) is 0.429. The minimum atomic E-state index is -2.64. The Morgan fingerprint density at radius 3 is 1.77 bits per heavy atom. The molecule has 2 aromatic heterocycles. The first kappa shape index (κ1) is 53.0. The Bertz CT molecular complexity index is 3100. The van der Waals surface area contributed by atoms with E-state index in [2.05, 4.69) is 49.5 Å². The highest BCUT2D eigenvalue weighted by molar-refractivity contribution is 5.90. The first-order valence-electron chi connectivity index (χ1n) is 24.7. The maximum absolute atomic E-state index is 14.1. The monoisotopic (exact) mass is 1020 g/mol. The molecule has 4 fully saturated rings. The Kier molecular flexibility index (Phi) is 15.5. The molecule has 0 radical (unpaired) electrons. The van der Waals surface area contributed by atoms with E-state index in [1.807, 2.05) is 43.6 Å². The number of hydrogen-bond acceptors (Lipinski definition) is 10. The number of alkyl halides is 4. The molecule has 74 heavy (non-hydrogen) atoms. The number of aromatic carboxylic acids is 2. The molecule has 2 saturated heterocycles. The highest BCUT2D eigenvalue weighted by atomic mass is 19.3. The lowest BCUT2D eigenvalue weighted by Gasteiger charge is -2.55. The second kappa shape index (κ2) is 21.7. The summed E-state index contributed by atoms with van der Waals surface area (Å²) in [6, 6.07) is 23.1. The molecule has 1 atom stereocenters. The van der Waals surface area contributed by atoms with Gasteiger partial charge in [0.05, 0.1) is 37.5 Å². The molecule has 4 heterocycles. The van der Waals surface area contributed by atoms with Crippen LogP contribution in [0.15, 0.2) is 79.1 Å². The molecule has 14 nitrogen and oxygen atoms in total. The lowest BCUT2D eigenvalue weighted by molar-refractivity contribution is -0.186. The van der Waals surface area contributed by atoms with Crippen LogP contribution in [-0.4, -0.2) is 101 Å². The van der Waals surface area contributed by atoms with Gasteiger partial charge in [-0.15, -0.1) is 0 Å². The standard InChI is InChI=1S/C28H30F2N4O3.C19H24F2N2O.C9H8N2O2/c1-17-11-24(37-2)21(19-5-8-33-25(17)19)14-34-10-6-27(15-28(29,30)16-27)13-23(34)20-4-3-18(26(35)36)12-22(20)32-9-7-31;1-13-9-16(24-2)15(14-3-6-22-17(13)14)10-23-7-4-18(5-8-23)11-19(20,21)12-18;10-4-5-11-8-3-1-2-7(6-8)9(12)13/h3-5,8,11-12,23,32-33H,6,9-10,13-16H2,1-2H3,(H,35,36);3,6,9,22H,4-5,7-8,10-12H2,1-2H3;1-3,6,11H,5H2,(H,12,13). The van der Waals surface area contributed by atoms with E-state index in [-0.39, 0.29) is 61.4 Å². The summed E-state index contributed by atoms with van der Waals surface area (Å²) in [6.07, 6.45) is 6.73. The molecular weight excluding hydrogens is 957 g/mol. The number of likely N-dealkylation sites (tertiary alicyclic amines) is 2. The molecule has 18 heteroatoms. The van der Waals surface area contributed by atoms with E-state index in [4.69, 9.17) is 25.1 Å². The number of H-pyrrole nitrogens is 2. The van der Waals surface area contributed by atoms with Gasteiger partial charge in [-0.1, -0.05) is 12.1 Å². The summed E-state index contributed by atoms with van der Waals surface area (Å²) >= 11 is 0. The van der Waals surface area contributed by atoms with Crippen LogP contribution in [0.25, 0.3) is 21.8 Å². The molecular formula is C56H62F4N8O6. The van der Waals surface area contributed by atoms with Gasteiger partial charge >= 0.3 is 11.9 Å². The molecule has 6 N–H and O–H groups in total. The third-order valence-electron chi connectivity index (χ3n) is 15.4. The first-order valence-corrected chi connectivity index (χ1v) is 24.7. The number of aryl methyl sites for hydroxylation is 2. The van der Waals surface area contributed by atoms with Crippen molar-refractivity contribution < 1.29 is 46.8 Å². The van der Waals surface area contributed by atoms with Crippen LogP contribution < -0.4 is 20.1 Å². The van der Waals surface area contributed by atoms with E-state index < -0.39 is 29.2 Å². The highest BCUT2D eigenvalue weighted by Crippen LogP contribution is 2.61. The summed E-state index contributed by atoms with van der Waals surface area (Å²) < 4.78 is 66.0. The average Bonchev–Trinajstić information content (AvgIpc) is 4.07. The van der Waals surface area contributed by atoms with Crippen molar-refractivity contribution in [1.29, 1.82) is 10.5 Å². The predicted molar refractivity (Wildman–Crippen MR) is 274 cm³/mol. The Labute approximate surface area is 427 Å². The number of nitrogens with one attached hydrogen (secondary N) is 4. The van der Waals surface area contributed by atoms with Gasteiger partial charge < -0.3 is 40.3 Å². The van der Waals surface area contributed by atoms with Gasteiger partial charge in [-0.05, 0) is 141 Å². The molecule has 4 aliphatic rings. The number of nitrogens with zero attached hydrogens (tertiary/aromatic N) is 4. The van der Waals surface area contributed by atoms with Crippen LogP contribution in [0, 0.1) is 47.3 Å². The van der Waals surface area contributed by atoms with Crippen LogP contribution in [0.4, 0.5) is 28.9 Å². The number of halogens is 4. The lowest BCUT2D eigenvalue weighted by Crippen LogP contribution is -2.53. The Morgan fingerprint density at radius 2 is 1.23 bits per heavy atom. The molecule has 2 aliphatic heterocycles. The van der Waals surface area contributed by atoms with Gasteiger partial charge in [0.15, 0.2) is 0 Å². The number of nitriles is 2. The summed E-state index contributed by atoms with van der Waals surface area (Å²) in [4.78, 5) is 33.4. The van der Waals surface area contributed by atoms with Gasteiger partial charge in [0.2, 0.25) is 11.8 Å². The third kappa shape index (κ3) is 11.6. The van der Waals surface area contributed by atoms with Crippen molar-refractivity contribution in [1.82, 2.24) is 19.8 Å². The fourth-order valence-electron chi connectivity index (χ4n) is 11.8. The number of methoxy groups -OCH3 is 2. The van der Waals surface area contributed by atoms with Gasteiger partial charge in [0, 0.05) is 102 Å². The SMILES string of the molecule is COc1cc(C)c2[nH]ccc2c1CN1CCC2(CC1)CC(F)(F)C2.COc1cc(C)c2[nH]ccc2c1CN1CCC2(CC1c1ccc(C(=O)O)cc1NCC#N)CC(F)(F)C2.N#CCNc1cccc(C(=O)O)c1. The number of piperidine rings is 2. The molecule has 4 aromatic carbocycles. The Morgan fingerprint density at radius 1 is 0.703 bits per heavy atom. The second-order valence-electron chi connectivity index (χ2n) is 20.4. The van der Waals surface area contributed by atoms with Crippen LogP contribution in [0.3, 0.4) is 0 Å². The number of carbonyl (C=O) groups is 2. The summed E-state index contributed by atoms with van der Waals surface area (Å²) in [7, 11) is 3.35. The van der Waals surface area contributed by atoms with E-state index in [0.717, 1.165) is 77.1 Å². The normalized spacial score (nSPS) is 19.1. The number of hydrogen-bond donors (Lipinski definition) is 6. The van der Waals surface area contributed by atoms with Crippen LogP contribution in [-0.2, 0) is 13.1 Å². The van der Waals surface area contributed by atoms with Crippen molar-refractivity contribution in [2.24, 2.45) is 10.8 Å². The van der Waals surface area contributed by atoms with Crippen molar-refractivity contribution in [2.75, 3.05) is 57.6 Å². The predicted octanol–water partition coefficient (Wildman–Crippen LogP) is 11.7. The number of rotatable bonds is 13. The van der Waals surface area contributed by atoms with E-state index in [0.29, 0.717) is 37.3 Å². The molecule has 2 aliphatic carbocycles. The van der Waals surface area contributed by atoms with E-state index in [1.54, 1.807) is 38.5 Å². The zero-order valence-corrected chi connectivity index (χ0v) is 42.0. The average molecular weight is 1020 g/mol. The van der Waals surface area contributed by atoms with E-state index >= 15 is 0 Å². The largest absolute Gasteiger partial charge is 0.496 e. The van der Waals surface area contributed by atoms with Gasteiger partial charge in [-0.3, -0.25) is 9.80 Å². The van der Waals surface area contributed by atoms with Gasteiger partial charge in [0.1, 0.15) is 24.6 Å². The van der Waals surface area contributed by atoms with Crippen molar-refractivity contribution in [3.63, 3.8) is 0 Å². The minimum absolute atomic E-state index is 0.00175. The van der Waals surface area contributed by atoms with Crippen LogP contribution >= 0.6 is 0 Å². The fourth-order valence-corrected chi connectivity index (χ4v) is 11.8. The number of carboxylic acids is 2. The molecule has 0 bridgehead atoms. The first-order chi connectivity index (χ1) is 35.3. The minimum Gasteiger partial charge on any atom is -0.496 e. The number of ether oxygens (including phenoxy) is 2. The molecule has 0 amide bonds. The number of anilines is 2. The summed E-state index contributed by atoms with van der Waals surface area (Å²) in [5, 5.41) is 43.7. The maximum atomic E-state index is 14.1. The summed E-state index contributed by atoms with van der Waals surface area (Å²) in [5.41, 5.74) is 8.38. The molecule has 6 aromatic rings. The van der Waals surface area contributed by atoms with Crippen LogP contribution in [0.2, 0.25) is 0 Å². The van der Waals surface area contributed by atoms with Crippen molar-refractivity contribution in [3.8, 4) is 23.6 Å². The van der Waals surface area contributed by atoms with Gasteiger partial charge in [-0.2, -0.15) is 10.5 Å². The number of benzene rings is 4. The molecule has 1 unspecified atom stereocenters. The Balaban J connectivity index is 0.000000168. The summed E-state index contributed by atoms with van der Waals surface area (Å²) in [5.74, 6) is -5.42. The number of carboxylic acid groups (broad SMARTS) is 2. The maximum Gasteiger partial charge on any atom is 0.335 e.